The van der Waals surface area contributed by atoms with Gasteiger partial charge in [0.15, 0.2) is 0 Å². The standard InChI is InChI=1S/C43H52N6O9/c1-26-16-28(17-30-25-46-48-35(26)30)19-34(38(51)57-41(2,3)4)56-37(50)31-20-29-21-43(22-33(29)44-24-31)32-18-27(23-45-36(32)47-39(43)52)10-9-12-54-14-15-55-13-11-49(8)40(53)58-42(5,6)7/h9-10,16-18,20,23-25,34H,11-15,19,21-22H2,1-8H3,(H,46,48)(H,45,47,52)/b10-9+/t34-,43+/m1/s1. The highest BCUT2D eigenvalue weighted by Gasteiger charge is 2.52. The van der Waals surface area contributed by atoms with Crippen LogP contribution in [-0.2, 0) is 58.0 Å². The smallest absolute Gasteiger partial charge is 0.410 e. The zero-order valence-electron chi connectivity index (χ0n) is 34.4. The molecule has 308 valence electrons. The van der Waals surface area contributed by atoms with Crippen LogP contribution in [0.2, 0.25) is 0 Å². The number of anilines is 1. The van der Waals surface area contributed by atoms with E-state index in [-0.39, 0.29) is 17.9 Å². The number of hydrogen-bond donors (Lipinski definition) is 2. The number of pyridine rings is 2. The van der Waals surface area contributed by atoms with Gasteiger partial charge in [0.25, 0.3) is 0 Å². The van der Waals surface area contributed by atoms with Crippen LogP contribution in [0.25, 0.3) is 17.0 Å². The first-order valence-corrected chi connectivity index (χ1v) is 19.3. The lowest BCUT2D eigenvalue weighted by Crippen LogP contribution is -2.36. The van der Waals surface area contributed by atoms with Crippen molar-refractivity contribution in [1.82, 2.24) is 25.1 Å². The predicted molar refractivity (Wildman–Crippen MR) is 215 cm³/mol. The fraction of sp³-hybridized carbons (Fsp3) is 0.465. The number of nitrogens with zero attached hydrogens (tertiary/aromatic N) is 4. The Morgan fingerprint density at radius 3 is 2.45 bits per heavy atom. The monoisotopic (exact) mass is 796 g/mol. The van der Waals surface area contributed by atoms with Crippen LogP contribution in [0, 0.1) is 6.92 Å². The summed E-state index contributed by atoms with van der Waals surface area (Å²) >= 11 is 0. The number of hydrogen-bond acceptors (Lipinski definition) is 12. The summed E-state index contributed by atoms with van der Waals surface area (Å²) in [5, 5.41) is 10.9. The van der Waals surface area contributed by atoms with Crippen molar-refractivity contribution in [2.45, 2.75) is 90.4 Å². The molecule has 0 fully saturated rings. The van der Waals surface area contributed by atoms with Gasteiger partial charge in [0.05, 0.1) is 49.1 Å². The van der Waals surface area contributed by atoms with Gasteiger partial charge in [0.2, 0.25) is 12.0 Å². The van der Waals surface area contributed by atoms with Crippen LogP contribution in [-0.4, -0.2) is 106 Å². The molecule has 1 spiro atoms. The Hall–Kier alpha value is -5.67. The molecule has 2 atom stereocenters. The van der Waals surface area contributed by atoms with Crippen LogP contribution < -0.4 is 5.32 Å². The van der Waals surface area contributed by atoms with E-state index in [4.69, 9.17) is 23.7 Å². The molecule has 2 aliphatic rings. The molecule has 58 heavy (non-hydrogen) atoms. The fourth-order valence-corrected chi connectivity index (χ4v) is 6.94. The summed E-state index contributed by atoms with van der Waals surface area (Å²) in [6.07, 6.45) is 7.67. The second-order valence-corrected chi connectivity index (χ2v) is 16.8. The van der Waals surface area contributed by atoms with E-state index in [2.05, 4.69) is 25.5 Å². The van der Waals surface area contributed by atoms with E-state index >= 15 is 0 Å². The summed E-state index contributed by atoms with van der Waals surface area (Å²) in [7, 11) is 1.66. The molecule has 15 heteroatoms. The second kappa shape index (κ2) is 17.0. The fourth-order valence-electron chi connectivity index (χ4n) is 6.94. The number of rotatable bonds is 14. The molecule has 2 N–H and O–H groups in total. The minimum atomic E-state index is -1.22. The maximum atomic E-state index is 13.7. The van der Waals surface area contributed by atoms with Crippen LogP contribution in [0.1, 0.15) is 85.4 Å². The highest BCUT2D eigenvalue weighted by Crippen LogP contribution is 2.46. The Bertz CT molecular complexity index is 2220. The van der Waals surface area contributed by atoms with Crippen LogP contribution in [0.15, 0.2) is 48.9 Å². The summed E-state index contributed by atoms with van der Waals surface area (Å²) < 4.78 is 28.1. The number of aromatic amines is 1. The molecule has 0 bridgehead atoms. The van der Waals surface area contributed by atoms with Crippen LogP contribution >= 0.6 is 0 Å². The Balaban J connectivity index is 1.06. The average molecular weight is 797 g/mol. The number of likely N-dealkylation sites (N-methyl/N-ethyl adjacent to an activating group) is 1. The molecule has 4 aromatic rings. The van der Waals surface area contributed by atoms with Gasteiger partial charge in [-0.15, -0.1) is 0 Å². The van der Waals surface area contributed by atoms with Crippen molar-refractivity contribution in [3.05, 3.63) is 88.0 Å². The molecule has 0 saturated carbocycles. The molecule has 1 aliphatic heterocycles. The molecule has 4 heterocycles. The van der Waals surface area contributed by atoms with Gasteiger partial charge in [-0.25, -0.2) is 19.4 Å². The Kier molecular flexibility index (Phi) is 12.3. The number of carbonyl (C=O) groups excluding carboxylic acids is 4. The molecule has 3 aromatic heterocycles. The number of carbonyl (C=O) groups is 4. The zero-order valence-corrected chi connectivity index (χ0v) is 34.4. The third-order valence-electron chi connectivity index (χ3n) is 9.67. The first-order chi connectivity index (χ1) is 27.4. The number of ether oxygens (including phenoxy) is 5. The first-order valence-electron chi connectivity index (χ1n) is 19.3. The van der Waals surface area contributed by atoms with Crippen LogP contribution in [0.5, 0.6) is 0 Å². The van der Waals surface area contributed by atoms with Crippen molar-refractivity contribution in [3.8, 4) is 0 Å². The van der Waals surface area contributed by atoms with Crippen molar-refractivity contribution >= 4 is 46.7 Å². The van der Waals surface area contributed by atoms with E-state index in [0.717, 1.165) is 38.7 Å². The van der Waals surface area contributed by atoms with Crippen molar-refractivity contribution in [1.29, 1.82) is 0 Å². The van der Waals surface area contributed by atoms with Gasteiger partial charge in [-0.05, 0) is 95.3 Å². The molecule has 6 rings (SSSR count). The summed E-state index contributed by atoms with van der Waals surface area (Å²) in [4.78, 5) is 63.3. The molecule has 2 amide bonds. The number of aryl methyl sites for hydroxylation is 1. The number of amides is 2. The quantitative estimate of drug-likeness (QED) is 0.0907. The molecule has 0 unspecified atom stereocenters. The van der Waals surface area contributed by atoms with Crippen molar-refractivity contribution in [2.75, 3.05) is 45.3 Å². The molecular formula is C43H52N6O9. The van der Waals surface area contributed by atoms with E-state index in [1.807, 2.05) is 58.0 Å². The highest BCUT2D eigenvalue weighted by atomic mass is 16.6. The Morgan fingerprint density at radius 1 is 0.931 bits per heavy atom. The normalized spacial score (nSPS) is 16.7. The predicted octanol–water partition coefficient (Wildman–Crippen LogP) is 5.67. The van der Waals surface area contributed by atoms with Crippen molar-refractivity contribution < 1.29 is 42.9 Å². The van der Waals surface area contributed by atoms with Crippen LogP contribution in [0.3, 0.4) is 0 Å². The van der Waals surface area contributed by atoms with Gasteiger partial charge in [-0.3, -0.25) is 14.9 Å². The van der Waals surface area contributed by atoms with Gasteiger partial charge in [-0.2, -0.15) is 5.10 Å². The number of nitrogens with one attached hydrogen (secondary N) is 2. The lowest BCUT2D eigenvalue weighted by atomic mass is 9.79. The maximum Gasteiger partial charge on any atom is 0.410 e. The van der Waals surface area contributed by atoms with E-state index in [1.165, 1.54) is 11.1 Å². The van der Waals surface area contributed by atoms with Gasteiger partial charge in [-0.1, -0.05) is 18.2 Å². The lowest BCUT2D eigenvalue weighted by Gasteiger charge is -2.24. The largest absolute Gasteiger partial charge is 0.457 e. The number of fused-ring (bicyclic) bond motifs is 4. The van der Waals surface area contributed by atoms with E-state index < -0.39 is 40.8 Å². The van der Waals surface area contributed by atoms with E-state index in [1.54, 1.807) is 46.3 Å². The van der Waals surface area contributed by atoms with E-state index in [0.29, 0.717) is 57.3 Å². The van der Waals surface area contributed by atoms with Gasteiger partial charge < -0.3 is 33.9 Å². The van der Waals surface area contributed by atoms with E-state index in [9.17, 15) is 19.2 Å². The SMILES string of the molecule is Cc1cc(C[C@@H](OC(=O)c2cnc3c(c2)C[C@@]2(C3)C(=O)Nc3ncc(/C=C/COCCOCCN(C)C(=O)OC(C)(C)C)cc32)C(=O)OC(C)(C)C)cc2cn[nH]c12. The van der Waals surface area contributed by atoms with Gasteiger partial charge in [0, 0.05) is 55.5 Å². The molecule has 15 nitrogen and oxygen atoms in total. The molecule has 1 aliphatic carbocycles. The van der Waals surface area contributed by atoms with Gasteiger partial charge >= 0.3 is 18.0 Å². The summed E-state index contributed by atoms with van der Waals surface area (Å²) in [6.45, 7) is 14.5. The first kappa shape index (κ1) is 41.9. The minimum Gasteiger partial charge on any atom is -0.457 e. The van der Waals surface area contributed by atoms with Gasteiger partial charge in [0.1, 0.15) is 17.0 Å². The maximum absolute atomic E-state index is 13.7. The summed E-state index contributed by atoms with van der Waals surface area (Å²) in [5.74, 6) is -1.08. The molecule has 0 saturated heterocycles. The van der Waals surface area contributed by atoms with Crippen LogP contribution in [0.4, 0.5) is 10.6 Å². The Morgan fingerprint density at radius 2 is 1.69 bits per heavy atom. The molecule has 1 aromatic carbocycles. The van der Waals surface area contributed by atoms with Crippen molar-refractivity contribution in [2.24, 2.45) is 0 Å². The minimum absolute atomic E-state index is 0.0993. The summed E-state index contributed by atoms with van der Waals surface area (Å²) in [6, 6.07) is 7.46. The number of H-pyrrole nitrogens is 1. The molecular weight excluding hydrogens is 745 g/mol. The number of benzene rings is 1. The topological polar surface area (TPSA) is 184 Å². The number of aromatic nitrogens is 4. The molecule has 0 radical (unpaired) electrons. The third kappa shape index (κ3) is 10.1. The third-order valence-corrected chi connectivity index (χ3v) is 9.67. The zero-order chi connectivity index (χ0) is 41.8. The average Bonchev–Trinajstić information content (AvgIpc) is 3.84. The Labute approximate surface area is 337 Å². The lowest BCUT2D eigenvalue weighted by molar-refractivity contribution is -0.165. The van der Waals surface area contributed by atoms with Crippen molar-refractivity contribution in [3.63, 3.8) is 0 Å². The highest BCUT2D eigenvalue weighted by molar-refractivity contribution is 6.06. The number of esters is 2. The second-order valence-electron chi connectivity index (χ2n) is 16.8. The summed E-state index contributed by atoms with van der Waals surface area (Å²) in [5.41, 5.74) is 3.46.